The Morgan fingerprint density at radius 1 is 1.38 bits per heavy atom. The van der Waals surface area contributed by atoms with Crippen molar-refractivity contribution in [3.63, 3.8) is 0 Å². The molecule has 0 aliphatic rings. The molecule has 90 valence electrons. The van der Waals surface area contributed by atoms with Crippen LogP contribution in [-0.4, -0.2) is 13.7 Å². The zero-order valence-corrected chi connectivity index (χ0v) is 11.4. The van der Waals surface area contributed by atoms with Gasteiger partial charge in [0, 0.05) is 10.1 Å². The van der Waals surface area contributed by atoms with Crippen LogP contribution in [0.3, 0.4) is 0 Å². The predicted octanol–water partition coefficient (Wildman–Crippen LogP) is 2.40. The van der Waals surface area contributed by atoms with E-state index in [4.69, 9.17) is 5.14 Å². The van der Waals surface area contributed by atoms with Gasteiger partial charge in [0.2, 0.25) is 10.0 Å². The lowest BCUT2D eigenvalue weighted by atomic mass is 10.2. The Bertz CT molecular complexity index is 467. The number of thioether (sulfide) groups is 1. The number of hydrogen-bond donors (Lipinski definition) is 1. The standard InChI is InChI=1S/C11H17NO2S2/c1-4-9-6-5-7-10(15-8(2)3)11(9)16(12,13)14/h5-8H,4H2,1-3H3,(H2,12,13,14). The van der Waals surface area contributed by atoms with E-state index in [2.05, 4.69) is 0 Å². The van der Waals surface area contributed by atoms with Gasteiger partial charge in [-0.2, -0.15) is 0 Å². The van der Waals surface area contributed by atoms with E-state index in [1.807, 2.05) is 39.0 Å². The highest BCUT2D eigenvalue weighted by Gasteiger charge is 2.18. The number of rotatable bonds is 4. The SMILES string of the molecule is CCc1cccc(SC(C)C)c1S(N)(=O)=O. The molecule has 0 heterocycles. The smallest absolute Gasteiger partial charge is 0.225 e. The summed E-state index contributed by atoms with van der Waals surface area (Å²) in [6, 6.07) is 5.49. The number of nitrogens with two attached hydrogens (primary N) is 1. The lowest BCUT2D eigenvalue weighted by Gasteiger charge is -2.13. The molecule has 0 aromatic heterocycles. The van der Waals surface area contributed by atoms with Crippen molar-refractivity contribution in [2.24, 2.45) is 5.14 Å². The van der Waals surface area contributed by atoms with Gasteiger partial charge in [-0.15, -0.1) is 11.8 Å². The Kier molecular flexibility index (Phi) is 4.41. The van der Waals surface area contributed by atoms with Crippen molar-refractivity contribution in [2.45, 2.75) is 42.2 Å². The van der Waals surface area contributed by atoms with Gasteiger partial charge in [0.15, 0.2) is 0 Å². The fourth-order valence-corrected chi connectivity index (χ4v) is 3.83. The van der Waals surface area contributed by atoms with Gasteiger partial charge in [-0.25, -0.2) is 13.6 Å². The van der Waals surface area contributed by atoms with Gasteiger partial charge in [-0.1, -0.05) is 32.9 Å². The lowest BCUT2D eigenvalue weighted by molar-refractivity contribution is 0.594. The summed E-state index contributed by atoms with van der Waals surface area (Å²) in [5, 5.41) is 5.60. The number of primary sulfonamides is 1. The molecule has 0 aliphatic carbocycles. The Labute approximate surface area is 101 Å². The second-order valence-electron chi connectivity index (χ2n) is 3.81. The fourth-order valence-electron chi connectivity index (χ4n) is 1.51. The highest BCUT2D eigenvalue weighted by Crippen LogP contribution is 2.31. The second-order valence-corrected chi connectivity index (χ2v) is 6.93. The summed E-state index contributed by atoms with van der Waals surface area (Å²) in [4.78, 5) is 1.04. The third-order valence-corrected chi connectivity index (χ3v) is 4.33. The third-order valence-electron chi connectivity index (χ3n) is 2.09. The van der Waals surface area contributed by atoms with E-state index in [1.165, 1.54) is 11.8 Å². The highest BCUT2D eigenvalue weighted by molar-refractivity contribution is 8.00. The Hall–Kier alpha value is -0.520. The molecular weight excluding hydrogens is 242 g/mol. The first kappa shape index (κ1) is 13.5. The molecule has 0 aliphatic heterocycles. The first-order valence-electron chi connectivity index (χ1n) is 5.17. The average Bonchev–Trinajstić information content (AvgIpc) is 2.14. The first-order chi connectivity index (χ1) is 7.36. The minimum atomic E-state index is -3.64. The molecule has 0 unspecified atom stereocenters. The second kappa shape index (κ2) is 5.21. The quantitative estimate of drug-likeness (QED) is 0.845. The molecule has 16 heavy (non-hydrogen) atoms. The summed E-state index contributed by atoms with van der Waals surface area (Å²) in [6.45, 7) is 5.97. The molecule has 0 atom stereocenters. The molecule has 0 radical (unpaired) electrons. The van der Waals surface area contributed by atoms with Crippen molar-refractivity contribution in [1.29, 1.82) is 0 Å². The van der Waals surface area contributed by atoms with E-state index in [0.717, 1.165) is 10.5 Å². The number of aryl methyl sites for hydroxylation is 1. The molecule has 0 amide bonds. The summed E-state index contributed by atoms with van der Waals surface area (Å²) in [5.74, 6) is 0. The van der Waals surface area contributed by atoms with Gasteiger partial charge in [0.05, 0.1) is 4.90 Å². The third kappa shape index (κ3) is 3.23. The van der Waals surface area contributed by atoms with Crippen LogP contribution in [0.4, 0.5) is 0 Å². The molecule has 1 aromatic rings. The van der Waals surface area contributed by atoms with E-state index in [9.17, 15) is 8.42 Å². The van der Waals surface area contributed by atoms with Crippen LogP contribution in [0.5, 0.6) is 0 Å². The van der Waals surface area contributed by atoms with Crippen LogP contribution >= 0.6 is 11.8 Å². The minimum Gasteiger partial charge on any atom is -0.225 e. The molecule has 1 aromatic carbocycles. The predicted molar refractivity (Wildman–Crippen MR) is 68.2 cm³/mol. The normalized spacial score (nSPS) is 12.1. The molecule has 0 bridgehead atoms. The summed E-state index contributed by atoms with van der Waals surface area (Å²) in [6.07, 6.45) is 0.665. The van der Waals surface area contributed by atoms with Crippen LogP contribution in [0.2, 0.25) is 0 Å². The number of sulfonamides is 1. The zero-order chi connectivity index (χ0) is 12.3. The molecule has 3 nitrogen and oxygen atoms in total. The molecule has 0 saturated heterocycles. The van der Waals surface area contributed by atoms with Gasteiger partial charge < -0.3 is 0 Å². The Balaban J connectivity index is 3.38. The summed E-state index contributed by atoms with van der Waals surface area (Å²) in [7, 11) is -3.64. The fraction of sp³-hybridized carbons (Fsp3) is 0.455. The van der Waals surface area contributed by atoms with Crippen LogP contribution < -0.4 is 5.14 Å². The Morgan fingerprint density at radius 2 is 2.00 bits per heavy atom. The van der Waals surface area contributed by atoms with Gasteiger partial charge in [-0.05, 0) is 18.1 Å². The van der Waals surface area contributed by atoms with E-state index in [1.54, 1.807) is 0 Å². The molecule has 0 saturated carbocycles. The first-order valence-corrected chi connectivity index (χ1v) is 7.60. The molecular formula is C11H17NO2S2. The van der Waals surface area contributed by atoms with Crippen LogP contribution in [-0.2, 0) is 16.4 Å². The van der Waals surface area contributed by atoms with Crippen molar-refractivity contribution in [2.75, 3.05) is 0 Å². The molecule has 0 fully saturated rings. The zero-order valence-electron chi connectivity index (χ0n) is 9.73. The molecule has 2 N–H and O–H groups in total. The van der Waals surface area contributed by atoms with Gasteiger partial charge >= 0.3 is 0 Å². The summed E-state index contributed by atoms with van der Waals surface area (Å²) >= 11 is 1.52. The monoisotopic (exact) mass is 259 g/mol. The van der Waals surface area contributed by atoms with Gasteiger partial charge in [0.1, 0.15) is 0 Å². The van der Waals surface area contributed by atoms with Crippen LogP contribution in [0, 0.1) is 0 Å². The van der Waals surface area contributed by atoms with Crippen molar-refractivity contribution >= 4 is 21.8 Å². The maximum Gasteiger partial charge on any atom is 0.239 e. The van der Waals surface area contributed by atoms with Crippen molar-refractivity contribution in [3.8, 4) is 0 Å². The van der Waals surface area contributed by atoms with E-state index in [0.29, 0.717) is 11.7 Å². The molecule has 5 heteroatoms. The highest BCUT2D eigenvalue weighted by atomic mass is 32.2. The van der Waals surface area contributed by atoms with Gasteiger partial charge in [-0.3, -0.25) is 0 Å². The summed E-state index contributed by atoms with van der Waals surface area (Å²) < 4.78 is 23.2. The lowest BCUT2D eigenvalue weighted by Crippen LogP contribution is -2.16. The van der Waals surface area contributed by atoms with Crippen molar-refractivity contribution in [1.82, 2.24) is 0 Å². The minimum absolute atomic E-state index is 0.288. The maximum absolute atomic E-state index is 11.6. The van der Waals surface area contributed by atoms with Crippen LogP contribution in [0.15, 0.2) is 28.0 Å². The van der Waals surface area contributed by atoms with E-state index >= 15 is 0 Å². The number of benzene rings is 1. The average molecular weight is 259 g/mol. The molecule has 0 spiro atoms. The van der Waals surface area contributed by atoms with Crippen LogP contribution in [0.25, 0.3) is 0 Å². The summed E-state index contributed by atoms with van der Waals surface area (Å²) in [5.41, 5.74) is 0.785. The van der Waals surface area contributed by atoms with Crippen molar-refractivity contribution in [3.05, 3.63) is 23.8 Å². The number of hydrogen-bond acceptors (Lipinski definition) is 3. The Morgan fingerprint density at radius 3 is 2.44 bits per heavy atom. The molecule has 1 rings (SSSR count). The van der Waals surface area contributed by atoms with E-state index < -0.39 is 10.0 Å². The largest absolute Gasteiger partial charge is 0.239 e. The van der Waals surface area contributed by atoms with Gasteiger partial charge in [0.25, 0.3) is 0 Å². The van der Waals surface area contributed by atoms with Crippen LogP contribution in [0.1, 0.15) is 26.3 Å². The van der Waals surface area contributed by atoms with E-state index in [-0.39, 0.29) is 4.90 Å². The maximum atomic E-state index is 11.6. The topological polar surface area (TPSA) is 60.2 Å². The van der Waals surface area contributed by atoms with Crippen molar-refractivity contribution < 1.29 is 8.42 Å².